The van der Waals surface area contributed by atoms with E-state index in [0.717, 1.165) is 50.1 Å². The number of halogens is 1. The van der Waals surface area contributed by atoms with Crippen LogP contribution >= 0.6 is 11.6 Å². The van der Waals surface area contributed by atoms with Crippen molar-refractivity contribution >= 4 is 17.3 Å². The Kier molecular flexibility index (Phi) is 7.81. The summed E-state index contributed by atoms with van der Waals surface area (Å²) in [5.74, 6) is 0. The van der Waals surface area contributed by atoms with Crippen molar-refractivity contribution in [1.29, 1.82) is 0 Å². The van der Waals surface area contributed by atoms with E-state index >= 15 is 0 Å². The summed E-state index contributed by atoms with van der Waals surface area (Å²) >= 11 is 5.84. The number of likely N-dealkylation sites (N-methyl/N-ethyl adjacent to an activating group) is 1. The molecule has 0 aliphatic carbocycles. The van der Waals surface area contributed by atoms with Crippen molar-refractivity contribution < 1.29 is 4.74 Å². The van der Waals surface area contributed by atoms with Crippen molar-refractivity contribution in [1.82, 2.24) is 4.90 Å². The number of nitrogens with zero attached hydrogens (tertiary/aromatic N) is 1. The maximum absolute atomic E-state index is 5.84. The minimum atomic E-state index is 0.771. The Morgan fingerprint density at radius 3 is 2.50 bits per heavy atom. The topological polar surface area (TPSA) is 24.5 Å². The molecule has 0 bridgehead atoms. The summed E-state index contributed by atoms with van der Waals surface area (Å²) in [6.45, 7) is 9.80. The highest BCUT2D eigenvalue weighted by molar-refractivity contribution is 6.30. The van der Waals surface area contributed by atoms with Gasteiger partial charge in [0.1, 0.15) is 0 Å². The van der Waals surface area contributed by atoms with E-state index in [4.69, 9.17) is 16.3 Å². The highest BCUT2D eigenvalue weighted by Crippen LogP contribution is 2.12. The van der Waals surface area contributed by atoms with Crippen molar-refractivity contribution in [2.24, 2.45) is 0 Å². The van der Waals surface area contributed by atoms with Crippen LogP contribution in [0.1, 0.15) is 13.8 Å². The Balaban J connectivity index is 2.20. The summed E-state index contributed by atoms with van der Waals surface area (Å²) in [5, 5.41) is 4.16. The second-order valence-electron chi connectivity index (χ2n) is 4.06. The molecule has 0 spiro atoms. The maximum Gasteiger partial charge on any atom is 0.0593 e. The molecule has 1 rings (SSSR count). The van der Waals surface area contributed by atoms with Crippen LogP contribution in [0.25, 0.3) is 0 Å². The van der Waals surface area contributed by atoms with Crippen molar-refractivity contribution in [3.63, 3.8) is 0 Å². The predicted molar refractivity (Wildman–Crippen MR) is 78.5 cm³/mol. The second kappa shape index (κ2) is 9.20. The van der Waals surface area contributed by atoms with Crippen LogP contribution in [0.5, 0.6) is 0 Å². The fraction of sp³-hybridized carbons (Fsp3) is 0.571. The lowest BCUT2D eigenvalue weighted by molar-refractivity contribution is 0.117. The average molecular weight is 271 g/mol. The van der Waals surface area contributed by atoms with E-state index in [-0.39, 0.29) is 0 Å². The third-order valence-electron chi connectivity index (χ3n) is 2.80. The summed E-state index contributed by atoms with van der Waals surface area (Å²) < 4.78 is 5.37. The monoisotopic (exact) mass is 270 g/mol. The van der Waals surface area contributed by atoms with Crippen molar-refractivity contribution in [3.05, 3.63) is 29.3 Å². The van der Waals surface area contributed by atoms with Gasteiger partial charge in [-0.2, -0.15) is 0 Å². The Labute approximate surface area is 115 Å². The van der Waals surface area contributed by atoms with Gasteiger partial charge in [0.25, 0.3) is 0 Å². The lowest BCUT2D eigenvalue weighted by atomic mass is 10.3. The van der Waals surface area contributed by atoms with Crippen LogP contribution < -0.4 is 5.32 Å². The summed E-state index contributed by atoms with van der Waals surface area (Å²) in [7, 11) is 0. The minimum absolute atomic E-state index is 0.771. The molecule has 0 aliphatic heterocycles. The van der Waals surface area contributed by atoms with Gasteiger partial charge in [-0.25, -0.2) is 0 Å². The molecule has 0 heterocycles. The molecule has 1 N–H and O–H groups in total. The number of hydrogen-bond donors (Lipinski definition) is 1. The number of rotatable bonds is 9. The molecular formula is C14H23ClN2O. The zero-order chi connectivity index (χ0) is 13.2. The van der Waals surface area contributed by atoms with Gasteiger partial charge in [-0.1, -0.05) is 18.5 Å². The number of nitrogens with one attached hydrogen (secondary N) is 1. The standard InChI is InChI=1S/C14H23ClN2O/c1-3-17(11-12-18-4-2)10-9-16-14-7-5-13(15)6-8-14/h5-8,16H,3-4,9-12H2,1-2H3. The van der Waals surface area contributed by atoms with E-state index < -0.39 is 0 Å². The predicted octanol–water partition coefficient (Wildman–Crippen LogP) is 3.11. The fourth-order valence-electron chi connectivity index (χ4n) is 1.69. The van der Waals surface area contributed by atoms with Gasteiger partial charge in [0.05, 0.1) is 6.61 Å². The fourth-order valence-corrected chi connectivity index (χ4v) is 1.82. The molecule has 0 saturated heterocycles. The van der Waals surface area contributed by atoms with E-state index in [9.17, 15) is 0 Å². The van der Waals surface area contributed by atoms with E-state index in [1.165, 1.54) is 0 Å². The molecule has 0 amide bonds. The van der Waals surface area contributed by atoms with Gasteiger partial charge < -0.3 is 10.1 Å². The molecule has 0 saturated carbocycles. The first-order valence-electron chi connectivity index (χ1n) is 6.55. The quantitative estimate of drug-likeness (QED) is 0.698. The van der Waals surface area contributed by atoms with E-state index in [1.54, 1.807) is 0 Å². The summed E-state index contributed by atoms with van der Waals surface area (Å²) in [5.41, 5.74) is 1.11. The van der Waals surface area contributed by atoms with Crippen molar-refractivity contribution in [2.45, 2.75) is 13.8 Å². The Morgan fingerprint density at radius 2 is 1.89 bits per heavy atom. The Bertz CT molecular complexity index is 316. The summed E-state index contributed by atoms with van der Waals surface area (Å²) in [6.07, 6.45) is 0. The summed E-state index contributed by atoms with van der Waals surface area (Å²) in [6, 6.07) is 7.80. The average Bonchev–Trinajstić information content (AvgIpc) is 2.39. The van der Waals surface area contributed by atoms with Crippen LogP contribution in [0, 0.1) is 0 Å². The third kappa shape index (κ3) is 6.24. The number of anilines is 1. The van der Waals surface area contributed by atoms with Gasteiger partial charge in [0, 0.05) is 37.0 Å². The molecule has 102 valence electrons. The van der Waals surface area contributed by atoms with Gasteiger partial charge in [0.15, 0.2) is 0 Å². The molecule has 18 heavy (non-hydrogen) atoms. The Morgan fingerprint density at radius 1 is 1.17 bits per heavy atom. The van der Waals surface area contributed by atoms with E-state index in [2.05, 4.69) is 17.1 Å². The molecule has 0 aliphatic rings. The maximum atomic E-state index is 5.84. The lowest BCUT2D eigenvalue weighted by Gasteiger charge is -2.20. The molecular weight excluding hydrogens is 248 g/mol. The molecule has 0 radical (unpaired) electrons. The molecule has 3 nitrogen and oxygen atoms in total. The van der Waals surface area contributed by atoms with Crippen LogP contribution in [0.2, 0.25) is 5.02 Å². The van der Waals surface area contributed by atoms with Crippen molar-refractivity contribution in [2.75, 3.05) is 44.7 Å². The van der Waals surface area contributed by atoms with Crippen LogP contribution in [0.15, 0.2) is 24.3 Å². The zero-order valence-corrected chi connectivity index (χ0v) is 12.0. The van der Waals surface area contributed by atoms with E-state index in [1.807, 2.05) is 31.2 Å². The molecule has 4 heteroatoms. The van der Waals surface area contributed by atoms with Gasteiger partial charge in [-0.15, -0.1) is 0 Å². The van der Waals surface area contributed by atoms with Gasteiger partial charge in [-0.05, 0) is 37.7 Å². The van der Waals surface area contributed by atoms with Crippen LogP contribution in [-0.4, -0.2) is 44.3 Å². The third-order valence-corrected chi connectivity index (χ3v) is 3.06. The second-order valence-corrected chi connectivity index (χ2v) is 4.50. The van der Waals surface area contributed by atoms with Crippen molar-refractivity contribution in [3.8, 4) is 0 Å². The summed E-state index contributed by atoms with van der Waals surface area (Å²) in [4.78, 5) is 2.37. The number of hydrogen-bond acceptors (Lipinski definition) is 3. The largest absolute Gasteiger partial charge is 0.384 e. The molecule has 1 aromatic carbocycles. The minimum Gasteiger partial charge on any atom is -0.384 e. The molecule has 0 unspecified atom stereocenters. The first-order valence-corrected chi connectivity index (χ1v) is 6.93. The number of ether oxygens (including phenoxy) is 1. The van der Waals surface area contributed by atoms with Crippen LogP contribution in [0.4, 0.5) is 5.69 Å². The zero-order valence-electron chi connectivity index (χ0n) is 11.3. The normalized spacial score (nSPS) is 10.9. The molecule has 0 fully saturated rings. The smallest absolute Gasteiger partial charge is 0.0593 e. The molecule has 1 aromatic rings. The first kappa shape index (κ1) is 15.3. The number of benzene rings is 1. The van der Waals surface area contributed by atoms with Crippen LogP contribution in [0.3, 0.4) is 0 Å². The Hall–Kier alpha value is -0.770. The van der Waals surface area contributed by atoms with Gasteiger partial charge in [-0.3, -0.25) is 4.90 Å². The molecule has 0 aromatic heterocycles. The van der Waals surface area contributed by atoms with Crippen LogP contribution in [-0.2, 0) is 4.74 Å². The van der Waals surface area contributed by atoms with E-state index in [0.29, 0.717) is 0 Å². The first-order chi connectivity index (χ1) is 8.76. The SMILES string of the molecule is CCOCCN(CC)CCNc1ccc(Cl)cc1. The molecule has 0 atom stereocenters. The van der Waals surface area contributed by atoms with Gasteiger partial charge >= 0.3 is 0 Å². The van der Waals surface area contributed by atoms with Gasteiger partial charge in [0.2, 0.25) is 0 Å². The highest BCUT2D eigenvalue weighted by atomic mass is 35.5. The highest BCUT2D eigenvalue weighted by Gasteiger charge is 2.01. The lowest BCUT2D eigenvalue weighted by Crippen LogP contribution is -2.32.